The summed E-state index contributed by atoms with van der Waals surface area (Å²) in [7, 11) is 1.61. The van der Waals surface area contributed by atoms with Gasteiger partial charge in [-0.15, -0.1) is 0 Å². The first-order valence-electron chi connectivity index (χ1n) is 9.75. The molecule has 0 aliphatic carbocycles. The number of rotatable bonds is 8. The molecule has 8 heteroatoms. The molecule has 164 valence electrons. The van der Waals surface area contributed by atoms with E-state index in [1.807, 2.05) is 0 Å². The predicted molar refractivity (Wildman–Crippen MR) is 118 cm³/mol. The monoisotopic (exact) mass is 435 g/mol. The van der Waals surface area contributed by atoms with Crippen LogP contribution in [0.3, 0.4) is 0 Å². The van der Waals surface area contributed by atoms with E-state index in [0.29, 0.717) is 5.56 Å². The SMILES string of the molecule is CN(Cc1cccc(C(N)=O)c1)C(=O)c1ccccc1OCC(=O)Nc1ccccc1F. The van der Waals surface area contributed by atoms with Crippen LogP contribution >= 0.6 is 0 Å². The van der Waals surface area contributed by atoms with Crippen LogP contribution in [0.2, 0.25) is 0 Å². The topological polar surface area (TPSA) is 102 Å². The lowest BCUT2D eigenvalue weighted by Gasteiger charge is -2.19. The van der Waals surface area contributed by atoms with E-state index in [-0.39, 0.29) is 29.5 Å². The number of carbonyl (C=O) groups excluding carboxylic acids is 3. The van der Waals surface area contributed by atoms with Crippen molar-refractivity contribution in [3.8, 4) is 5.75 Å². The molecule has 0 atom stereocenters. The molecule has 0 aromatic heterocycles. The van der Waals surface area contributed by atoms with Gasteiger partial charge in [-0.1, -0.05) is 36.4 Å². The number of primary amides is 1. The number of nitrogens with two attached hydrogens (primary N) is 1. The van der Waals surface area contributed by atoms with Crippen molar-refractivity contribution in [2.45, 2.75) is 6.54 Å². The Morgan fingerprint density at radius 2 is 1.72 bits per heavy atom. The van der Waals surface area contributed by atoms with E-state index in [1.165, 1.54) is 23.1 Å². The Morgan fingerprint density at radius 3 is 2.47 bits per heavy atom. The molecule has 3 amide bonds. The highest BCUT2D eigenvalue weighted by molar-refractivity contribution is 5.97. The summed E-state index contributed by atoms with van der Waals surface area (Å²) >= 11 is 0. The zero-order valence-corrected chi connectivity index (χ0v) is 17.4. The normalized spacial score (nSPS) is 10.3. The van der Waals surface area contributed by atoms with Crippen molar-refractivity contribution >= 4 is 23.4 Å². The molecular formula is C24H22FN3O4. The molecular weight excluding hydrogens is 413 g/mol. The van der Waals surface area contributed by atoms with Gasteiger partial charge in [-0.25, -0.2) is 4.39 Å². The minimum absolute atomic E-state index is 0.0448. The lowest BCUT2D eigenvalue weighted by molar-refractivity contribution is -0.118. The first-order chi connectivity index (χ1) is 15.3. The quantitative estimate of drug-likeness (QED) is 0.567. The molecule has 0 bridgehead atoms. The number of anilines is 1. The molecule has 3 N–H and O–H groups in total. The summed E-state index contributed by atoms with van der Waals surface area (Å²) in [5, 5.41) is 2.43. The number of hydrogen-bond acceptors (Lipinski definition) is 4. The Labute approximate surface area is 184 Å². The largest absolute Gasteiger partial charge is 0.483 e. The number of nitrogens with zero attached hydrogens (tertiary/aromatic N) is 1. The van der Waals surface area contributed by atoms with E-state index in [9.17, 15) is 18.8 Å². The molecule has 0 saturated heterocycles. The second kappa shape index (κ2) is 10.2. The number of carbonyl (C=O) groups is 3. The third kappa shape index (κ3) is 5.69. The lowest BCUT2D eigenvalue weighted by Crippen LogP contribution is -2.27. The maximum atomic E-state index is 13.7. The zero-order valence-electron chi connectivity index (χ0n) is 17.4. The summed E-state index contributed by atoms with van der Waals surface area (Å²) in [6.07, 6.45) is 0. The standard InChI is InChI=1S/C24H22FN3O4/c1-28(14-16-7-6-8-17(13-16)23(26)30)24(31)18-9-2-5-12-21(18)32-15-22(29)27-20-11-4-3-10-19(20)25/h2-13H,14-15H2,1H3,(H2,26,30)(H,27,29). The minimum atomic E-state index is -0.561. The highest BCUT2D eigenvalue weighted by atomic mass is 19.1. The molecule has 0 fully saturated rings. The van der Waals surface area contributed by atoms with Gasteiger partial charge in [-0.05, 0) is 42.0 Å². The maximum Gasteiger partial charge on any atom is 0.262 e. The van der Waals surface area contributed by atoms with Crippen molar-refractivity contribution in [3.05, 3.63) is 95.3 Å². The fraction of sp³-hybridized carbons (Fsp3) is 0.125. The molecule has 3 rings (SSSR count). The van der Waals surface area contributed by atoms with E-state index in [0.717, 1.165) is 5.56 Å². The van der Waals surface area contributed by atoms with Crippen LogP contribution in [0.1, 0.15) is 26.3 Å². The van der Waals surface area contributed by atoms with Gasteiger partial charge in [-0.3, -0.25) is 14.4 Å². The van der Waals surface area contributed by atoms with Gasteiger partial charge in [0.25, 0.3) is 11.8 Å². The molecule has 0 radical (unpaired) electrons. The van der Waals surface area contributed by atoms with Gasteiger partial charge in [0.15, 0.2) is 6.61 Å². The van der Waals surface area contributed by atoms with Crippen LogP contribution in [0.5, 0.6) is 5.75 Å². The Bertz CT molecular complexity index is 1150. The molecule has 0 unspecified atom stereocenters. The number of ether oxygens (including phenoxy) is 1. The van der Waals surface area contributed by atoms with Crippen LogP contribution in [0.25, 0.3) is 0 Å². The molecule has 3 aromatic carbocycles. The van der Waals surface area contributed by atoms with Gasteiger partial charge in [0.2, 0.25) is 5.91 Å². The van der Waals surface area contributed by atoms with Crippen molar-refractivity contribution < 1.29 is 23.5 Å². The van der Waals surface area contributed by atoms with Crippen LogP contribution in [0.15, 0.2) is 72.8 Å². The summed E-state index contributed by atoms with van der Waals surface area (Å²) in [6, 6.07) is 19.0. The van der Waals surface area contributed by atoms with Crippen LogP contribution in [-0.4, -0.2) is 36.3 Å². The summed E-state index contributed by atoms with van der Waals surface area (Å²) in [5.41, 5.74) is 6.71. The number of hydrogen-bond donors (Lipinski definition) is 2. The summed E-state index contributed by atoms with van der Waals surface area (Å²) in [4.78, 5) is 38.0. The second-order valence-corrected chi connectivity index (χ2v) is 7.04. The minimum Gasteiger partial charge on any atom is -0.483 e. The Morgan fingerprint density at radius 1 is 1.00 bits per heavy atom. The third-order valence-electron chi connectivity index (χ3n) is 4.60. The first-order valence-corrected chi connectivity index (χ1v) is 9.75. The highest BCUT2D eigenvalue weighted by Crippen LogP contribution is 2.21. The average Bonchev–Trinajstić information content (AvgIpc) is 2.79. The molecule has 0 aliphatic rings. The Kier molecular flexibility index (Phi) is 7.17. The Balaban J connectivity index is 1.66. The predicted octanol–water partition coefficient (Wildman–Crippen LogP) is 3.21. The number of amides is 3. The van der Waals surface area contributed by atoms with Crippen LogP contribution in [0, 0.1) is 5.82 Å². The van der Waals surface area contributed by atoms with Crippen molar-refractivity contribution in [3.63, 3.8) is 0 Å². The van der Waals surface area contributed by atoms with Gasteiger partial charge < -0.3 is 20.7 Å². The summed E-state index contributed by atoms with van der Waals surface area (Å²) < 4.78 is 19.2. The molecule has 0 spiro atoms. The third-order valence-corrected chi connectivity index (χ3v) is 4.60. The smallest absolute Gasteiger partial charge is 0.262 e. The zero-order chi connectivity index (χ0) is 23.1. The van der Waals surface area contributed by atoms with E-state index in [2.05, 4.69) is 5.32 Å². The highest BCUT2D eigenvalue weighted by Gasteiger charge is 2.18. The second-order valence-electron chi connectivity index (χ2n) is 7.04. The summed E-state index contributed by atoms with van der Waals surface area (Å²) in [5.74, 6) is -1.78. The fourth-order valence-electron chi connectivity index (χ4n) is 3.04. The maximum absolute atomic E-state index is 13.7. The first kappa shape index (κ1) is 22.5. The van der Waals surface area contributed by atoms with E-state index in [4.69, 9.17) is 10.5 Å². The number of para-hydroxylation sites is 2. The number of benzene rings is 3. The van der Waals surface area contributed by atoms with Crippen molar-refractivity contribution in [2.24, 2.45) is 5.73 Å². The van der Waals surface area contributed by atoms with Crippen molar-refractivity contribution in [2.75, 3.05) is 19.0 Å². The van der Waals surface area contributed by atoms with Gasteiger partial charge in [0.05, 0.1) is 11.3 Å². The Hall–Kier alpha value is -4.20. The van der Waals surface area contributed by atoms with Crippen LogP contribution < -0.4 is 15.8 Å². The molecule has 0 aliphatic heterocycles. The molecule has 3 aromatic rings. The lowest BCUT2D eigenvalue weighted by atomic mass is 10.1. The van der Waals surface area contributed by atoms with Gasteiger partial charge in [-0.2, -0.15) is 0 Å². The summed E-state index contributed by atoms with van der Waals surface area (Å²) in [6.45, 7) is -0.162. The van der Waals surface area contributed by atoms with E-state index >= 15 is 0 Å². The average molecular weight is 435 g/mol. The van der Waals surface area contributed by atoms with Gasteiger partial charge in [0.1, 0.15) is 11.6 Å². The molecule has 0 heterocycles. The molecule has 7 nitrogen and oxygen atoms in total. The van der Waals surface area contributed by atoms with Crippen molar-refractivity contribution in [1.29, 1.82) is 0 Å². The van der Waals surface area contributed by atoms with E-state index in [1.54, 1.807) is 61.6 Å². The van der Waals surface area contributed by atoms with Crippen LogP contribution in [-0.2, 0) is 11.3 Å². The van der Waals surface area contributed by atoms with Gasteiger partial charge >= 0.3 is 0 Å². The molecule has 0 saturated carbocycles. The number of nitrogens with one attached hydrogen (secondary N) is 1. The number of halogens is 1. The van der Waals surface area contributed by atoms with Crippen molar-refractivity contribution in [1.82, 2.24) is 4.90 Å². The van der Waals surface area contributed by atoms with Crippen LogP contribution in [0.4, 0.5) is 10.1 Å². The fourth-order valence-corrected chi connectivity index (χ4v) is 3.04. The van der Waals surface area contributed by atoms with Gasteiger partial charge in [0, 0.05) is 19.2 Å². The van der Waals surface area contributed by atoms with E-state index < -0.39 is 24.2 Å². The molecule has 32 heavy (non-hydrogen) atoms.